The van der Waals surface area contributed by atoms with Gasteiger partial charge in [-0.05, 0) is 43.7 Å². The lowest BCUT2D eigenvalue weighted by atomic mass is 9.88. The summed E-state index contributed by atoms with van der Waals surface area (Å²) in [5.41, 5.74) is 1.21. The van der Waals surface area contributed by atoms with E-state index >= 15 is 0 Å². The molecule has 4 nitrogen and oxygen atoms in total. The lowest BCUT2D eigenvalue weighted by Gasteiger charge is -2.20. The van der Waals surface area contributed by atoms with Crippen LogP contribution in [0.2, 0.25) is 0 Å². The third-order valence-corrected chi connectivity index (χ3v) is 5.53. The van der Waals surface area contributed by atoms with Crippen LogP contribution in [0.5, 0.6) is 0 Å². The molecular formula is C15H20N2O2S. The fraction of sp³-hybridized carbons (Fsp3) is 0.600. The van der Waals surface area contributed by atoms with Crippen LogP contribution >= 0.6 is 11.3 Å². The number of carbonyl (C=O) groups is 2. The molecule has 1 aliphatic heterocycles. The van der Waals surface area contributed by atoms with Crippen LogP contribution in [0, 0.1) is 5.92 Å². The van der Waals surface area contributed by atoms with Crippen LogP contribution in [0.25, 0.3) is 0 Å². The molecular weight excluding hydrogens is 272 g/mol. The highest BCUT2D eigenvalue weighted by atomic mass is 32.1. The van der Waals surface area contributed by atoms with Crippen LogP contribution < -0.4 is 5.32 Å². The number of amides is 2. The van der Waals surface area contributed by atoms with Crippen LogP contribution in [0.4, 0.5) is 0 Å². The van der Waals surface area contributed by atoms with Gasteiger partial charge in [-0.1, -0.05) is 0 Å². The van der Waals surface area contributed by atoms with Crippen molar-refractivity contribution >= 4 is 23.2 Å². The van der Waals surface area contributed by atoms with Crippen molar-refractivity contribution in [1.29, 1.82) is 0 Å². The summed E-state index contributed by atoms with van der Waals surface area (Å²) in [6.07, 6.45) is 4.83. The largest absolute Gasteiger partial charge is 0.359 e. The number of hydrogen-bond donors (Lipinski definition) is 1. The summed E-state index contributed by atoms with van der Waals surface area (Å²) in [5.74, 6) is 0.365. The molecule has 2 heterocycles. The van der Waals surface area contributed by atoms with Gasteiger partial charge in [-0.2, -0.15) is 0 Å². The molecule has 1 fully saturated rings. The van der Waals surface area contributed by atoms with Crippen molar-refractivity contribution in [3.05, 3.63) is 21.4 Å². The fourth-order valence-corrected chi connectivity index (χ4v) is 4.31. The van der Waals surface area contributed by atoms with Gasteiger partial charge >= 0.3 is 0 Å². The van der Waals surface area contributed by atoms with E-state index in [-0.39, 0.29) is 17.7 Å². The van der Waals surface area contributed by atoms with Gasteiger partial charge in [-0.15, -0.1) is 11.3 Å². The van der Waals surface area contributed by atoms with Gasteiger partial charge in [0.25, 0.3) is 5.91 Å². The third-order valence-electron chi connectivity index (χ3n) is 4.30. The second kappa shape index (κ2) is 5.56. The number of fused-ring (bicyclic) bond motifs is 1. The summed E-state index contributed by atoms with van der Waals surface area (Å²) in [6.45, 7) is 1.78. The number of hydrogen-bond acceptors (Lipinski definition) is 3. The van der Waals surface area contributed by atoms with Crippen LogP contribution in [-0.2, 0) is 17.6 Å². The number of carbonyl (C=O) groups excluding carboxylic acids is 2. The SMILES string of the molecule is CNC(=O)C1CCc2sc(C(=O)N3CCCC3)cc2C1. The highest BCUT2D eigenvalue weighted by Crippen LogP contribution is 2.33. The van der Waals surface area contributed by atoms with Crippen LogP contribution in [-0.4, -0.2) is 36.9 Å². The quantitative estimate of drug-likeness (QED) is 0.904. The average Bonchev–Trinajstić information content (AvgIpc) is 3.13. The topological polar surface area (TPSA) is 49.4 Å². The van der Waals surface area contributed by atoms with Gasteiger partial charge in [-0.3, -0.25) is 9.59 Å². The van der Waals surface area contributed by atoms with Crippen LogP contribution in [0.1, 0.15) is 39.4 Å². The molecule has 1 aliphatic carbocycles. The summed E-state index contributed by atoms with van der Waals surface area (Å²) in [4.78, 5) is 28.2. The Morgan fingerprint density at radius 1 is 1.35 bits per heavy atom. The molecule has 0 aromatic carbocycles. The predicted octanol–water partition coefficient (Wildman–Crippen LogP) is 1.84. The van der Waals surface area contributed by atoms with Gasteiger partial charge in [-0.25, -0.2) is 0 Å². The van der Waals surface area contributed by atoms with Crippen molar-refractivity contribution in [1.82, 2.24) is 10.2 Å². The molecule has 108 valence electrons. The predicted molar refractivity (Wildman–Crippen MR) is 79.0 cm³/mol. The minimum absolute atomic E-state index is 0.0665. The van der Waals surface area contributed by atoms with Crippen molar-refractivity contribution in [2.24, 2.45) is 5.92 Å². The minimum atomic E-state index is 0.0665. The normalized spacial score (nSPS) is 21.6. The van der Waals surface area contributed by atoms with E-state index in [1.807, 2.05) is 11.0 Å². The Hall–Kier alpha value is -1.36. The Bertz CT molecular complexity index is 532. The second-order valence-electron chi connectivity index (χ2n) is 5.61. The highest BCUT2D eigenvalue weighted by molar-refractivity contribution is 7.14. The molecule has 1 atom stereocenters. The zero-order valence-electron chi connectivity index (χ0n) is 11.8. The smallest absolute Gasteiger partial charge is 0.263 e. The number of nitrogens with zero attached hydrogens (tertiary/aromatic N) is 1. The molecule has 1 N–H and O–H groups in total. The summed E-state index contributed by atoms with van der Waals surface area (Å²) >= 11 is 1.63. The summed E-state index contributed by atoms with van der Waals surface area (Å²) < 4.78 is 0. The minimum Gasteiger partial charge on any atom is -0.359 e. The van der Waals surface area contributed by atoms with E-state index in [0.717, 1.165) is 50.1 Å². The van der Waals surface area contributed by atoms with Gasteiger partial charge in [0.15, 0.2) is 0 Å². The summed E-state index contributed by atoms with van der Waals surface area (Å²) in [6, 6.07) is 2.02. The molecule has 20 heavy (non-hydrogen) atoms. The Kier molecular flexibility index (Phi) is 3.78. The number of likely N-dealkylation sites (tertiary alicyclic amines) is 1. The Balaban J connectivity index is 1.76. The first-order valence-corrected chi connectivity index (χ1v) is 8.13. The molecule has 5 heteroatoms. The lowest BCUT2D eigenvalue weighted by Crippen LogP contribution is -2.31. The van der Waals surface area contributed by atoms with Gasteiger partial charge in [0, 0.05) is 30.9 Å². The maximum atomic E-state index is 12.4. The third kappa shape index (κ3) is 2.46. The Labute approximate surface area is 123 Å². The molecule has 0 radical (unpaired) electrons. The molecule has 1 aromatic heterocycles. The van der Waals surface area contributed by atoms with Crippen LogP contribution in [0.15, 0.2) is 6.07 Å². The van der Waals surface area contributed by atoms with Crippen molar-refractivity contribution in [2.75, 3.05) is 20.1 Å². The maximum absolute atomic E-state index is 12.4. The molecule has 0 bridgehead atoms. The molecule has 0 spiro atoms. The van der Waals surface area contributed by atoms with Gasteiger partial charge in [0.1, 0.15) is 0 Å². The first kappa shape index (κ1) is 13.6. The number of thiophene rings is 1. The second-order valence-corrected chi connectivity index (χ2v) is 6.75. The number of nitrogens with one attached hydrogen (secondary N) is 1. The van der Waals surface area contributed by atoms with Gasteiger partial charge < -0.3 is 10.2 Å². The zero-order chi connectivity index (χ0) is 14.1. The summed E-state index contributed by atoms with van der Waals surface area (Å²) in [7, 11) is 1.69. The molecule has 1 unspecified atom stereocenters. The maximum Gasteiger partial charge on any atom is 0.263 e. The Morgan fingerprint density at radius 3 is 2.80 bits per heavy atom. The Morgan fingerprint density at radius 2 is 2.10 bits per heavy atom. The molecule has 2 aliphatic rings. The van der Waals surface area contributed by atoms with Crippen molar-refractivity contribution in [3.63, 3.8) is 0 Å². The van der Waals surface area contributed by atoms with E-state index in [4.69, 9.17) is 0 Å². The summed E-state index contributed by atoms with van der Waals surface area (Å²) in [5, 5.41) is 2.73. The molecule has 0 saturated carbocycles. The standard InChI is InChI=1S/C15H20N2O2S/c1-16-14(18)10-4-5-12-11(8-10)9-13(20-12)15(19)17-6-2-3-7-17/h9-10H,2-8H2,1H3,(H,16,18). The van der Waals surface area contributed by atoms with Crippen LogP contribution in [0.3, 0.4) is 0 Å². The van der Waals surface area contributed by atoms with E-state index in [1.54, 1.807) is 18.4 Å². The average molecular weight is 292 g/mol. The molecule has 3 rings (SSSR count). The van der Waals surface area contributed by atoms with E-state index in [0.29, 0.717) is 0 Å². The van der Waals surface area contributed by atoms with E-state index in [2.05, 4.69) is 5.32 Å². The fourth-order valence-electron chi connectivity index (χ4n) is 3.13. The van der Waals surface area contributed by atoms with Gasteiger partial charge in [0.2, 0.25) is 5.91 Å². The molecule has 1 aromatic rings. The van der Waals surface area contributed by atoms with Crippen molar-refractivity contribution in [2.45, 2.75) is 32.1 Å². The van der Waals surface area contributed by atoms with Crippen molar-refractivity contribution < 1.29 is 9.59 Å². The van der Waals surface area contributed by atoms with Crippen molar-refractivity contribution in [3.8, 4) is 0 Å². The first-order chi connectivity index (χ1) is 9.69. The zero-order valence-corrected chi connectivity index (χ0v) is 12.6. The molecule has 1 saturated heterocycles. The first-order valence-electron chi connectivity index (χ1n) is 7.31. The number of rotatable bonds is 2. The number of aryl methyl sites for hydroxylation is 1. The lowest BCUT2D eigenvalue weighted by molar-refractivity contribution is -0.124. The van der Waals surface area contributed by atoms with E-state index < -0.39 is 0 Å². The van der Waals surface area contributed by atoms with E-state index in [1.165, 1.54) is 10.4 Å². The van der Waals surface area contributed by atoms with Gasteiger partial charge in [0.05, 0.1) is 4.88 Å². The monoisotopic (exact) mass is 292 g/mol. The van der Waals surface area contributed by atoms with E-state index in [9.17, 15) is 9.59 Å². The molecule has 2 amide bonds. The highest BCUT2D eigenvalue weighted by Gasteiger charge is 2.28.